The van der Waals surface area contributed by atoms with Crippen molar-refractivity contribution >= 4 is 17.2 Å². The second-order valence-corrected chi connectivity index (χ2v) is 7.94. The first-order valence-electron chi connectivity index (χ1n) is 9.29. The number of imidazole rings is 2. The average molecular weight is 407 g/mol. The van der Waals surface area contributed by atoms with Crippen LogP contribution in [0.25, 0.3) is 28.3 Å². The molecule has 5 rings (SSSR count). The van der Waals surface area contributed by atoms with Crippen LogP contribution in [0.3, 0.4) is 0 Å². The minimum Gasteiger partial charge on any atom is -0.323 e. The standard InChI is InChI=1S/C21H16ClFN6/c1-21(7-2-8-21)28-12-26-19(13-3-4-16(23)15(22)9-13)20(28)17-5-6-18-25-11-14(10-24)29(18)27-17/h3-6,9,11-12H,2,7-8H2,1H3. The van der Waals surface area contributed by atoms with E-state index >= 15 is 0 Å². The number of benzene rings is 1. The molecule has 1 aliphatic rings. The molecule has 0 unspecified atom stereocenters. The number of hydrogen-bond acceptors (Lipinski definition) is 4. The Balaban J connectivity index is 1.76. The van der Waals surface area contributed by atoms with E-state index in [0.29, 0.717) is 28.3 Å². The zero-order valence-electron chi connectivity index (χ0n) is 15.6. The molecule has 1 aromatic carbocycles. The average Bonchev–Trinajstić information content (AvgIpc) is 3.32. The maximum Gasteiger partial charge on any atom is 0.162 e. The number of rotatable bonds is 3. The molecule has 29 heavy (non-hydrogen) atoms. The highest BCUT2D eigenvalue weighted by Crippen LogP contribution is 2.43. The predicted octanol–water partition coefficient (Wildman–Crippen LogP) is 4.82. The van der Waals surface area contributed by atoms with Gasteiger partial charge in [-0.15, -0.1) is 0 Å². The third-order valence-electron chi connectivity index (χ3n) is 5.69. The van der Waals surface area contributed by atoms with Crippen molar-refractivity contribution in [1.29, 1.82) is 5.26 Å². The van der Waals surface area contributed by atoms with Crippen LogP contribution in [0, 0.1) is 17.1 Å². The summed E-state index contributed by atoms with van der Waals surface area (Å²) >= 11 is 6.03. The summed E-state index contributed by atoms with van der Waals surface area (Å²) in [6, 6.07) is 10.4. The molecule has 3 aromatic heterocycles. The molecule has 0 aliphatic heterocycles. The number of aromatic nitrogens is 5. The quantitative estimate of drug-likeness (QED) is 0.488. The molecule has 0 N–H and O–H groups in total. The highest BCUT2D eigenvalue weighted by atomic mass is 35.5. The summed E-state index contributed by atoms with van der Waals surface area (Å²) in [5, 5.41) is 14.1. The van der Waals surface area contributed by atoms with Crippen LogP contribution in [-0.4, -0.2) is 24.1 Å². The van der Waals surface area contributed by atoms with E-state index in [1.165, 1.54) is 16.8 Å². The predicted molar refractivity (Wildman–Crippen MR) is 107 cm³/mol. The van der Waals surface area contributed by atoms with E-state index in [2.05, 4.69) is 32.6 Å². The summed E-state index contributed by atoms with van der Waals surface area (Å²) in [7, 11) is 0. The Labute approximate surface area is 171 Å². The molecule has 144 valence electrons. The first-order valence-corrected chi connectivity index (χ1v) is 9.66. The van der Waals surface area contributed by atoms with Crippen molar-refractivity contribution < 1.29 is 4.39 Å². The molecule has 3 heterocycles. The Morgan fingerprint density at radius 3 is 2.72 bits per heavy atom. The number of fused-ring (bicyclic) bond motifs is 1. The Hall–Kier alpha value is -3.24. The summed E-state index contributed by atoms with van der Waals surface area (Å²) in [6.07, 6.45) is 6.54. The van der Waals surface area contributed by atoms with Crippen molar-refractivity contribution in [3.8, 4) is 28.7 Å². The van der Waals surface area contributed by atoms with Crippen LogP contribution in [0.15, 0.2) is 42.9 Å². The van der Waals surface area contributed by atoms with Gasteiger partial charge in [0.25, 0.3) is 0 Å². The first-order chi connectivity index (χ1) is 14.0. The molecule has 0 atom stereocenters. The second-order valence-electron chi connectivity index (χ2n) is 7.53. The summed E-state index contributed by atoms with van der Waals surface area (Å²) in [5.74, 6) is -0.473. The summed E-state index contributed by atoms with van der Waals surface area (Å²) in [6.45, 7) is 2.19. The number of nitriles is 1. The Morgan fingerprint density at radius 2 is 2.03 bits per heavy atom. The van der Waals surface area contributed by atoms with Gasteiger partial charge < -0.3 is 4.57 Å². The van der Waals surface area contributed by atoms with Crippen molar-refractivity contribution in [2.45, 2.75) is 31.7 Å². The smallest absolute Gasteiger partial charge is 0.162 e. The molecule has 0 radical (unpaired) electrons. The van der Waals surface area contributed by atoms with E-state index in [1.54, 1.807) is 12.1 Å². The van der Waals surface area contributed by atoms with E-state index in [9.17, 15) is 9.65 Å². The third-order valence-corrected chi connectivity index (χ3v) is 5.98. The molecule has 0 bridgehead atoms. The van der Waals surface area contributed by atoms with Crippen LogP contribution in [0.5, 0.6) is 0 Å². The zero-order valence-corrected chi connectivity index (χ0v) is 16.4. The van der Waals surface area contributed by atoms with Crippen molar-refractivity contribution in [3.63, 3.8) is 0 Å². The van der Waals surface area contributed by atoms with Gasteiger partial charge in [-0.05, 0) is 56.5 Å². The van der Waals surface area contributed by atoms with Crippen molar-refractivity contribution in [2.24, 2.45) is 0 Å². The lowest BCUT2D eigenvalue weighted by Crippen LogP contribution is -2.37. The Morgan fingerprint density at radius 1 is 1.21 bits per heavy atom. The topological polar surface area (TPSA) is 71.8 Å². The molecule has 0 spiro atoms. The molecular formula is C21H16ClFN6. The fraction of sp³-hybridized carbons (Fsp3) is 0.238. The highest BCUT2D eigenvalue weighted by Gasteiger charge is 2.36. The van der Waals surface area contributed by atoms with E-state index in [1.807, 2.05) is 18.5 Å². The molecular weight excluding hydrogens is 391 g/mol. The molecule has 1 fully saturated rings. The largest absolute Gasteiger partial charge is 0.323 e. The van der Waals surface area contributed by atoms with E-state index in [-0.39, 0.29) is 10.6 Å². The molecule has 6 nitrogen and oxygen atoms in total. The molecule has 1 saturated carbocycles. The minimum absolute atomic E-state index is 0.0441. The van der Waals surface area contributed by atoms with Crippen LogP contribution in [0.2, 0.25) is 5.02 Å². The van der Waals surface area contributed by atoms with Crippen LogP contribution >= 0.6 is 11.6 Å². The van der Waals surface area contributed by atoms with Gasteiger partial charge in [0.05, 0.1) is 28.9 Å². The molecule has 4 aromatic rings. The Kier molecular flexibility index (Phi) is 3.93. The number of hydrogen-bond donors (Lipinski definition) is 0. The fourth-order valence-corrected chi connectivity index (χ4v) is 4.04. The summed E-state index contributed by atoms with van der Waals surface area (Å²) in [4.78, 5) is 8.85. The molecule has 8 heteroatoms. The molecule has 1 aliphatic carbocycles. The Bertz CT molecular complexity index is 1290. The second kappa shape index (κ2) is 6.39. The van der Waals surface area contributed by atoms with Gasteiger partial charge in [0.1, 0.15) is 17.6 Å². The van der Waals surface area contributed by atoms with Gasteiger partial charge in [-0.2, -0.15) is 10.4 Å². The van der Waals surface area contributed by atoms with Gasteiger partial charge >= 0.3 is 0 Å². The monoisotopic (exact) mass is 406 g/mol. The number of nitrogens with zero attached hydrogens (tertiary/aromatic N) is 6. The summed E-state index contributed by atoms with van der Waals surface area (Å²) in [5.41, 5.74) is 3.74. The zero-order chi connectivity index (χ0) is 20.2. The van der Waals surface area contributed by atoms with Crippen LogP contribution in [-0.2, 0) is 5.54 Å². The van der Waals surface area contributed by atoms with Crippen molar-refractivity contribution in [2.75, 3.05) is 0 Å². The van der Waals surface area contributed by atoms with Crippen LogP contribution in [0.4, 0.5) is 4.39 Å². The minimum atomic E-state index is -0.473. The normalized spacial score (nSPS) is 15.2. The van der Waals surface area contributed by atoms with E-state index in [0.717, 1.165) is 25.0 Å². The van der Waals surface area contributed by atoms with Gasteiger partial charge in [-0.25, -0.2) is 18.9 Å². The summed E-state index contributed by atoms with van der Waals surface area (Å²) < 4.78 is 17.4. The lowest BCUT2D eigenvalue weighted by molar-refractivity contribution is 0.170. The van der Waals surface area contributed by atoms with Crippen molar-refractivity contribution in [3.05, 3.63) is 59.4 Å². The maximum atomic E-state index is 13.7. The van der Waals surface area contributed by atoms with Gasteiger partial charge in [-0.1, -0.05) is 11.6 Å². The maximum absolute atomic E-state index is 13.7. The molecule has 0 amide bonds. The van der Waals surface area contributed by atoms with Crippen LogP contribution < -0.4 is 0 Å². The third kappa shape index (κ3) is 2.71. The highest BCUT2D eigenvalue weighted by molar-refractivity contribution is 6.31. The number of halogens is 2. The molecule has 0 saturated heterocycles. The van der Waals surface area contributed by atoms with Gasteiger partial charge in [0.15, 0.2) is 11.3 Å². The van der Waals surface area contributed by atoms with Gasteiger partial charge in [0.2, 0.25) is 0 Å². The van der Waals surface area contributed by atoms with Gasteiger partial charge in [-0.3, -0.25) is 0 Å². The van der Waals surface area contributed by atoms with Gasteiger partial charge in [0, 0.05) is 11.1 Å². The van der Waals surface area contributed by atoms with Crippen LogP contribution in [0.1, 0.15) is 31.9 Å². The first kappa shape index (κ1) is 17.8. The van der Waals surface area contributed by atoms with E-state index < -0.39 is 5.82 Å². The van der Waals surface area contributed by atoms with Crippen molar-refractivity contribution in [1.82, 2.24) is 24.1 Å². The SMILES string of the molecule is CC1(n2cnc(-c3ccc(F)c(Cl)c3)c2-c2ccc3ncc(C#N)n3n2)CCC1. The van der Waals surface area contributed by atoms with E-state index in [4.69, 9.17) is 11.6 Å². The fourth-order valence-electron chi connectivity index (χ4n) is 3.86. The lowest BCUT2D eigenvalue weighted by Gasteiger charge is -2.40. The lowest BCUT2D eigenvalue weighted by atomic mass is 9.78.